The van der Waals surface area contributed by atoms with Crippen LogP contribution in [0.3, 0.4) is 0 Å². The van der Waals surface area contributed by atoms with Gasteiger partial charge in [-0.1, -0.05) is 28.1 Å². The molecule has 0 radical (unpaired) electrons. The third kappa shape index (κ3) is 5.35. The van der Waals surface area contributed by atoms with Crippen molar-refractivity contribution in [2.24, 2.45) is 5.10 Å². The molecule has 2 aromatic rings. The number of benzene rings is 2. The van der Waals surface area contributed by atoms with Gasteiger partial charge >= 0.3 is 0 Å². The maximum atomic E-state index is 12.7. The van der Waals surface area contributed by atoms with Crippen LogP contribution in [0.1, 0.15) is 5.56 Å². The van der Waals surface area contributed by atoms with Gasteiger partial charge in [0.15, 0.2) is 0 Å². The molecule has 0 aliphatic heterocycles. The SMILES string of the molecule is O=C(CNc1ccc(F)cc1)N/N=C\c1ccc(Br)cc1. The molecular formula is C15H13BrFN3O. The predicted molar refractivity (Wildman–Crippen MR) is 84.8 cm³/mol. The van der Waals surface area contributed by atoms with Gasteiger partial charge in [0.25, 0.3) is 5.91 Å². The van der Waals surface area contributed by atoms with Crippen LogP contribution in [0.2, 0.25) is 0 Å². The van der Waals surface area contributed by atoms with Gasteiger partial charge in [0.05, 0.1) is 12.8 Å². The Morgan fingerprint density at radius 3 is 2.48 bits per heavy atom. The predicted octanol–water partition coefficient (Wildman–Crippen LogP) is 3.15. The Labute approximate surface area is 130 Å². The largest absolute Gasteiger partial charge is 0.376 e. The minimum atomic E-state index is -0.316. The van der Waals surface area contributed by atoms with Crippen LogP contribution in [0, 0.1) is 5.82 Å². The standard InChI is InChI=1S/C15H13BrFN3O/c16-12-3-1-11(2-4-12)9-19-20-15(21)10-18-14-7-5-13(17)6-8-14/h1-9,18H,10H2,(H,20,21)/b19-9-. The molecule has 0 bridgehead atoms. The molecule has 0 heterocycles. The van der Waals surface area contributed by atoms with Gasteiger partial charge in [0.2, 0.25) is 0 Å². The van der Waals surface area contributed by atoms with E-state index >= 15 is 0 Å². The van der Waals surface area contributed by atoms with Crippen molar-refractivity contribution in [3.63, 3.8) is 0 Å². The molecule has 2 N–H and O–H groups in total. The van der Waals surface area contributed by atoms with Gasteiger partial charge < -0.3 is 5.32 Å². The van der Waals surface area contributed by atoms with Crippen molar-refractivity contribution in [3.8, 4) is 0 Å². The number of anilines is 1. The first kappa shape index (κ1) is 15.2. The van der Waals surface area contributed by atoms with E-state index in [1.54, 1.807) is 18.3 Å². The molecule has 0 atom stereocenters. The van der Waals surface area contributed by atoms with Crippen LogP contribution in [-0.2, 0) is 4.79 Å². The number of amides is 1. The summed E-state index contributed by atoms with van der Waals surface area (Å²) in [4.78, 5) is 11.6. The molecule has 0 saturated carbocycles. The van der Waals surface area contributed by atoms with Crippen LogP contribution in [0.5, 0.6) is 0 Å². The summed E-state index contributed by atoms with van der Waals surface area (Å²) in [7, 11) is 0. The first-order valence-electron chi connectivity index (χ1n) is 6.20. The highest BCUT2D eigenvalue weighted by molar-refractivity contribution is 9.10. The van der Waals surface area contributed by atoms with Crippen LogP contribution in [0.15, 0.2) is 58.1 Å². The fourth-order valence-corrected chi connectivity index (χ4v) is 1.78. The molecule has 21 heavy (non-hydrogen) atoms. The zero-order chi connectivity index (χ0) is 15.1. The summed E-state index contributed by atoms with van der Waals surface area (Å²) in [6.45, 7) is 0.0588. The van der Waals surface area contributed by atoms with Crippen molar-refractivity contribution in [3.05, 3.63) is 64.4 Å². The molecule has 0 unspecified atom stereocenters. The highest BCUT2D eigenvalue weighted by atomic mass is 79.9. The van der Waals surface area contributed by atoms with Crippen LogP contribution >= 0.6 is 15.9 Å². The van der Waals surface area contributed by atoms with Crippen molar-refractivity contribution >= 4 is 33.7 Å². The maximum absolute atomic E-state index is 12.7. The van der Waals surface area contributed by atoms with Crippen molar-refractivity contribution in [1.82, 2.24) is 5.43 Å². The summed E-state index contributed by atoms with van der Waals surface area (Å²) in [5, 5.41) is 6.73. The Kier molecular flexibility index (Phi) is 5.45. The molecule has 0 spiro atoms. The molecule has 108 valence electrons. The monoisotopic (exact) mass is 349 g/mol. The van der Waals surface area contributed by atoms with Crippen molar-refractivity contribution in [2.45, 2.75) is 0 Å². The minimum absolute atomic E-state index is 0.0588. The number of rotatable bonds is 5. The van der Waals surface area contributed by atoms with E-state index in [0.29, 0.717) is 5.69 Å². The number of carbonyl (C=O) groups is 1. The minimum Gasteiger partial charge on any atom is -0.376 e. The number of nitrogens with zero attached hydrogens (tertiary/aromatic N) is 1. The van der Waals surface area contributed by atoms with E-state index in [1.807, 2.05) is 24.3 Å². The lowest BCUT2D eigenvalue weighted by atomic mass is 10.2. The van der Waals surface area contributed by atoms with Gasteiger partial charge in [-0.15, -0.1) is 0 Å². The fraction of sp³-hybridized carbons (Fsp3) is 0.0667. The van der Waals surface area contributed by atoms with E-state index in [9.17, 15) is 9.18 Å². The van der Waals surface area contributed by atoms with E-state index < -0.39 is 0 Å². The van der Waals surface area contributed by atoms with Crippen LogP contribution in [0.4, 0.5) is 10.1 Å². The topological polar surface area (TPSA) is 53.5 Å². The molecule has 0 saturated heterocycles. The summed E-state index contributed by atoms with van der Waals surface area (Å²) in [5.41, 5.74) is 3.96. The van der Waals surface area contributed by atoms with E-state index in [4.69, 9.17) is 0 Å². The average molecular weight is 350 g/mol. The molecule has 0 aliphatic rings. The summed E-state index contributed by atoms with van der Waals surface area (Å²) in [5.74, 6) is -0.600. The number of hydrogen-bond donors (Lipinski definition) is 2. The van der Waals surface area contributed by atoms with E-state index in [2.05, 4.69) is 31.8 Å². The molecule has 0 fully saturated rings. The highest BCUT2D eigenvalue weighted by Gasteiger charge is 1.99. The second-order valence-electron chi connectivity index (χ2n) is 4.21. The molecule has 0 aliphatic carbocycles. The van der Waals surface area contributed by atoms with Gasteiger partial charge in [-0.3, -0.25) is 4.79 Å². The second kappa shape index (κ2) is 7.54. The second-order valence-corrected chi connectivity index (χ2v) is 5.12. The molecule has 0 aromatic heterocycles. The van der Waals surface area contributed by atoms with Gasteiger partial charge in [-0.25, -0.2) is 9.82 Å². The third-order valence-corrected chi connectivity index (χ3v) is 3.10. The Morgan fingerprint density at radius 1 is 1.14 bits per heavy atom. The zero-order valence-corrected chi connectivity index (χ0v) is 12.6. The first-order valence-corrected chi connectivity index (χ1v) is 7.00. The summed E-state index contributed by atoms with van der Waals surface area (Å²) in [6.07, 6.45) is 1.56. The molecular weight excluding hydrogens is 337 g/mol. The van der Waals surface area contributed by atoms with E-state index in [-0.39, 0.29) is 18.3 Å². The van der Waals surface area contributed by atoms with E-state index in [0.717, 1.165) is 10.0 Å². The summed E-state index contributed by atoms with van der Waals surface area (Å²) < 4.78 is 13.7. The average Bonchev–Trinajstić information content (AvgIpc) is 2.49. The van der Waals surface area contributed by atoms with Gasteiger partial charge in [-0.2, -0.15) is 5.10 Å². The lowest BCUT2D eigenvalue weighted by Gasteiger charge is -2.04. The smallest absolute Gasteiger partial charge is 0.259 e. The number of halogens is 2. The van der Waals surface area contributed by atoms with Crippen LogP contribution in [-0.4, -0.2) is 18.7 Å². The third-order valence-electron chi connectivity index (χ3n) is 2.57. The number of hydrazone groups is 1. The molecule has 6 heteroatoms. The summed E-state index contributed by atoms with van der Waals surface area (Å²) in [6, 6.07) is 13.3. The first-order chi connectivity index (χ1) is 10.1. The fourth-order valence-electron chi connectivity index (χ4n) is 1.52. The highest BCUT2D eigenvalue weighted by Crippen LogP contribution is 2.09. The number of hydrogen-bond acceptors (Lipinski definition) is 3. The quantitative estimate of drug-likeness (QED) is 0.643. The van der Waals surface area contributed by atoms with Gasteiger partial charge in [-0.05, 0) is 42.0 Å². The van der Waals surface area contributed by atoms with Crippen molar-refractivity contribution < 1.29 is 9.18 Å². The van der Waals surface area contributed by atoms with Crippen molar-refractivity contribution in [1.29, 1.82) is 0 Å². The van der Waals surface area contributed by atoms with Gasteiger partial charge in [0.1, 0.15) is 5.82 Å². The lowest BCUT2D eigenvalue weighted by Crippen LogP contribution is -2.25. The van der Waals surface area contributed by atoms with Crippen LogP contribution < -0.4 is 10.7 Å². The molecule has 2 aromatic carbocycles. The molecule has 1 amide bonds. The molecule has 2 rings (SSSR count). The lowest BCUT2D eigenvalue weighted by molar-refractivity contribution is -0.119. The normalized spacial score (nSPS) is 10.6. The van der Waals surface area contributed by atoms with Crippen LogP contribution in [0.25, 0.3) is 0 Å². The maximum Gasteiger partial charge on any atom is 0.259 e. The molecule has 4 nitrogen and oxygen atoms in total. The Morgan fingerprint density at radius 2 is 1.81 bits per heavy atom. The Hall–Kier alpha value is -2.21. The number of carbonyl (C=O) groups excluding carboxylic acids is 1. The van der Waals surface area contributed by atoms with E-state index in [1.165, 1.54) is 12.1 Å². The Balaban J connectivity index is 1.77. The number of nitrogens with one attached hydrogen (secondary N) is 2. The van der Waals surface area contributed by atoms with Gasteiger partial charge in [0, 0.05) is 10.2 Å². The Bertz CT molecular complexity index is 626. The van der Waals surface area contributed by atoms with Crippen molar-refractivity contribution in [2.75, 3.05) is 11.9 Å². The summed E-state index contributed by atoms with van der Waals surface area (Å²) >= 11 is 3.34. The zero-order valence-electron chi connectivity index (χ0n) is 11.0.